The Bertz CT molecular complexity index is 1190. The number of carbonyl (C=O) groups is 1. The highest BCUT2D eigenvalue weighted by Crippen LogP contribution is 2.57. The van der Waals surface area contributed by atoms with Gasteiger partial charge in [0.25, 0.3) is 5.56 Å². The van der Waals surface area contributed by atoms with Gasteiger partial charge in [0.2, 0.25) is 5.95 Å². The largest absolute Gasteiger partial charge is 0.481 e. The number of aromatic amines is 1. The fourth-order valence-corrected chi connectivity index (χ4v) is 4.43. The van der Waals surface area contributed by atoms with Gasteiger partial charge >= 0.3 is 15.6 Å². The van der Waals surface area contributed by atoms with E-state index < -0.39 is 64.4 Å². The molecule has 0 bridgehead atoms. The average Bonchev–Trinajstić information content (AvgIpc) is 3.20. The Labute approximate surface area is 182 Å². The van der Waals surface area contributed by atoms with Gasteiger partial charge in [-0.05, 0) is 6.92 Å². The highest BCUT2D eigenvalue weighted by Gasteiger charge is 2.46. The number of aliphatic hydroxyl groups excluding tert-OH is 3. The summed E-state index contributed by atoms with van der Waals surface area (Å²) in [6.07, 6.45) is -6.99. The summed E-state index contributed by atoms with van der Waals surface area (Å²) in [5, 5.41) is 32.4. The van der Waals surface area contributed by atoms with Crippen molar-refractivity contribution in [3.8, 4) is 0 Å². The summed E-state index contributed by atoms with van der Waals surface area (Å²) in [7, 11) is -10.6. The first kappa shape index (κ1) is 25.5. The monoisotopic (exact) mass is 515 g/mol. The number of aromatic nitrogens is 4. The van der Waals surface area contributed by atoms with Gasteiger partial charge in [0.05, 0.1) is 12.9 Å². The molecule has 0 aliphatic carbocycles. The number of fused-ring (bicyclic) bond motifs is 1. The second-order valence-corrected chi connectivity index (χ2v) is 9.61. The minimum absolute atomic E-state index is 0.188. The zero-order chi connectivity index (χ0) is 24.7. The number of hydrogen-bond donors (Lipinski definition) is 8. The van der Waals surface area contributed by atoms with Crippen molar-refractivity contribution in [1.82, 2.24) is 19.5 Å². The number of Topliss-reactive ketones (excluding diaryl/α,β-unsaturated/α-hetero) is 1. The van der Waals surface area contributed by atoms with Crippen molar-refractivity contribution in [2.75, 3.05) is 11.9 Å². The molecule has 184 valence electrons. The van der Waals surface area contributed by atoms with Crippen LogP contribution in [-0.2, 0) is 27.5 Å². The van der Waals surface area contributed by atoms with Gasteiger partial charge in [0.1, 0.15) is 18.3 Å². The number of imidazole rings is 1. The molecule has 33 heavy (non-hydrogen) atoms. The van der Waals surface area contributed by atoms with E-state index in [0.717, 1.165) is 17.8 Å². The van der Waals surface area contributed by atoms with Crippen LogP contribution < -0.4 is 10.9 Å². The van der Waals surface area contributed by atoms with Crippen LogP contribution in [0.3, 0.4) is 0 Å². The van der Waals surface area contributed by atoms with Crippen molar-refractivity contribution in [2.24, 2.45) is 0 Å². The fourth-order valence-electron chi connectivity index (χ4n) is 2.83. The number of carbonyl (C=O) groups excluding carboxylic acids is 1. The second kappa shape index (κ2) is 9.28. The number of rotatable bonds is 9. The molecule has 0 spiro atoms. The lowest BCUT2D eigenvalue weighted by molar-refractivity contribution is -0.123. The maximum absolute atomic E-state index is 12.2. The molecule has 1 fully saturated rings. The smallest absolute Gasteiger partial charge is 0.387 e. The summed E-state index contributed by atoms with van der Waals surface area (Å²) in [4.78, 5) is 60.1. The Kier molecular flexibility index (Phi) is 7.18. The lowest BCUT2D eigenvalue weighted by Gasteiger charge is -2.18. The Morgan fingerprint density at radius 2 is 2.00 bits per heavy atom. The molecule has 0 aromatic carbocycles. The van der Waals surface area contributed by atoms with Crippen LogP contribution in [0.1, 0.15) is 13.2 Å². The summed E-state index contributed by atoms with van der Waals surface area (Å²) in [6.45, 7) is 0.155. The molecule has 2 aromatic heterocycles. The highest BCUT2D eigenvalue weighted by molar-refractivity contribution is 7.60. The average molecular weight is 515 g/mol. The molecule has 1 saturated heterocycles. The Hall–Kier alpha value is -2.08. The van der Waals surface area contributed by atoms with E-state index in [1.54, 1.807) is 0 Å². The van der Waals surface area contributed by atoms with Crippen molar-refractivity contribution in [2.45, 2.75) is 37.7 Å². The molecule has 0 saturated carbocycles. The van der Waals surface area contributed by atoms with Gasteiger partial charge in [0, 0.05) is 0 Å². The summed E-state index contributed by atoms with van der Waals surface area (Å²) in [5.41, 5.74) is -1.19. The van der Waals surface area contributed by atoms with Crippen molar-refractivity contribution >= 4 is 38.5 Å². The van der Waals surface area contributed by atoms with Crippen molar-refractivity contribution in [1.29, 1.82) is 0 Å². The van der Waals surface area contributed by atoms with Crippen LogP contribution in [0.2, 0.25) is 0 Å². The zero-order valence-electron chi connectivity index (χ0n) is 16.4. The van der Waals surface area contributed by atoms with Gasteiger partial charge in [-0.3, -0.25) is 23.7 Å². The number of hydrogen-bond acceptors (Lipinski definition) is 13. The number of aliphatic hydroxyl groups is 3. The van der Waals surface area contributed by atoms with E-state index in [1.807, 2.05) is 0 Å². The van der Waals surface area contributed by atoms with Crippen molar-refractivity contribution < 1.29 is 57.5 Å². The van der Waals surface area contributed by atoms with E-state index in [2.05, 4.69) is 29.1 Å². The molecule has 1 aliphatic heterocycles. The van der Waals surface area contributed by atoms with Gasteiger partial charge in [-0.1, -0.05) is 0 Å². The van der Waals surface area contributed by atoms with Crippen LogP contribution >= 0.6 is 15.6 Å². The van der Waals surface area contributed by atoms with E-state index in [1.165, 1.54) is 0 Å². The number of ketones is 1. The number of phosphoric ester groups is 1. The quantitative estimate of drug-likeness (QED) is 0.124. The van der Waals surface area contributed by atoms with Gasteiger partial charge in [-0.2, -0.15) is 9.29 Å². The van der Waals surface area contributed by atoms with E-state index in [0.29, 0.717) is 0 Å². The van der Waals surface area contributed by atoms with Crippen LogP contribution in [0.4, 0.5) is 5.95 Å². The maximum atomic E-state index is 12.2. The van der Waals surface area contributed by atoms with Gasteiger partial charge in [0.15, 0.2) is 29.4 Å². The molecule has 2 unspecified atom stereocenters. The van der Waals surface area contributed by atoms with E-state index in [9.17, 15) is 38.9 Å². The number of H-pyrrole nitrogens is 1. The second-order valence-electron chi connectivity index (χ2n) is 6.78. The molecule has 18 nitrogen and oxygen atoms in total. The Morgan fingerprint density at radius 3 is 2.61 bits per heavy atom. The zero-order valence-corrected chi connectivity index (χ0v) is 18.2. The summed E-state index contributed by atoms with van der Waals surface area (Å²) in [6, 6.07) is 0. The molecular weight excluding hydrogens is 496 g/mol. The lowest BCUT2D eigenvalue weighted by Crippen LogP contribution is -2.33. The standard InChI is InChI=1S/C13H19N5O13P2/c1-4(19)10(22)16-13-15-9-6(11(23)17-13)14-3-18(9)12-8(21)7(20)5(30-12)2-29-33(27,28)31-32(24,25)26/h3,5,7-8,10,12,20-22H,2H2,1H3,(H,27,28)(H2,24,25,26)(H2,15,16,17,23)/t5-,7-,8-,10?,12-/m1/s1. The summed E-state index contributed by atoms with van der Waals surface area (Å²) < 4.78 is 36.7. The first-order valence-electron chi connectivity index (χ1n) is 8.86. The van der Waals surface area contributed by atoms with Crippen LogP contribution in [0.5, 0.6) is 0 Å². The lowest BCUT2D eigenvalue weighted by atomic mass is 10.1. The van der Waals surface area contributed by atoms with Gasteiger partial charge < -0.3 is 40.1 Å². The molecule has 2 aromatic rings. The minimum atomic E-state index is -5.37. The molecule has 8 N–H and O–H groups in total. The van der Waals surface area contributed by atoms with Gasteiger partial charge in [-0.15, -0.1) is 0 Å². The minimum Gasteiger partial charge on any atom is -0.387 e. The highest BCUT2D eigenvalue weighted by atomic mass is 31.3. The molecule has 3 rings (SSSR count). The first-order chi connectivity index (χ1) is 15.2. The van der Waals surface area contributed by atoms with Crippen LogP contribution in [-0.4, -0.2) is 86.4 Å². The summed E-state index contributed by atoms with van der Waals surface area (Å²) >= 11 is 0. The van der Waals surface area contributed by atoms with Crippen LogP contribution in [0.25, 0.3) is 11.2 Å². The van der Waals surface area contributed by atoms with Crippen LogP contribution in [0, 0.1) is 0 Å². The maximum Gasteiger partial charge on any atom is 0.481 e. The molecule has 0 radical (unpaired) electrons. The first-order valence-corrected chi connectivity index (χ1v) is 11.9. The number of anilines is 1. The topological polar surface area (TPSA) is 276 Å². The molecule has 0 amide bonds. The van der Waals surface area contributed by atoms with E-state index in [-0.39, 0.29) is 17.1 Å². The predicted octanol–water partition coefficient (Wildman–Crippen LogP) is -2.72. The molecule has 1 aliphatic rings. The predicted molar refractivity (Wildman–Crippen MR) is 103 cm³/mol. The number of phosphoric acid groups is 2. The molecular formula is C13H19N5O13P2. The normalized spacial score (nSPS) is 26.3. The van der Waals surface area contributed by atoms with E-state index >= 15 is 0 Å². The third kappa shape index (κ3) is 5.89. The number of ether oxygens (including phenoxy) is 1. The molecule has 3 heterocycles. The number of nitrogens with one attached hydrogen (secondary N) is 2. The molecule has 20 heteroatoms. The fraction of sp³-hybridized carbons (Fsp3) is 0.538. The number of nitrogens with zero attached hydrogens (tertiary/aromatic N) is 3. The third-order valence-corrected chi connectivity index (χ3v) is 6.47. The van der Waals surface area contributed by atoms with Crippen molar-refractivity contribution in [3.05, 3.63) is 16.7 Å². The Morgan fingerprint density at radius 1 is 1.33 bits per heavy atom. The van der Waals surface area contributed by atoms with E-state index in [4.69, 9.17) is 14.5 Å². The van der Waals surface area contributed by atoms with Crippen LogP contribution in [0.15, 0.2) is 11.1 Å². The van der Waals surface area contributed by atoms with Crippen molar-refractivity contribution in [3.63, 3.8) is 0 Å². The Balaban J connectivity index is 1.83. The SMILES string of the molecule is CC(=O)C(O)Nc1nc2c(ncn2[C@@H]2O[C@H](COP(=O)(O)OP(=O)(O)O)[C@@H](O)[C@H]2O)c(=O)[nH]1. The molecule has 6 atom stereocenters. The third-order valence-electron chi connectivity index (χ3n) is 4.31. The van der Waals surface area contributed by atoms with Gasteiger partial charge in [-0.25, -0.2) is 14.1 Å². The summed E-state index contributed by atoms with van der Waals surface area (Å²) in [5.74, 6) is -0.989.